The van der Waals surface area contributed by atoms with E-state index in [0.29, 0.717) is 29.8 Å². The summed E-state index contributed by atoms with van der Waals surface area (Å²) in [6, 6.07) is 15.3. The summed E-state index contributed by atoms with van der Waals surface area (Å²) in [6.07, 6.45) is 2.42. The molecule has 0 amide bonds. The molecule has 0 fully saturated rings. The minimum absolute atomic E-state index is 0.126. The fourth-order valence-electron chi connectivity index (χ4n) is 3.28. The Labute approximate surface area is 171 Å². The predicted molar refractivity (Wildman–Crippen MR) is 111 cm³/mol. The number of rotatable bonds is 8. The summed E-state index contributed by atoms with van der Waals surface area (Å²) in [4.78, 5) is 4.78. The van der Waals surface area contributed by atoms with E-state index in [9.17, 15) is 8.42 Å². The highest BCUT2D eigenvalue weighted by atomic mass is 32.2. The summed E-state index contributed by atoms with van der Waals surface area (Å²) in [5.74, 6) is 1.97. The summed E-state index contributed by atoms with van der Waals surface area (Å²) in [5.41, 5.74) is 2.08. The van der Waals surface area contributed by atoms with Crippen LogP contribution in [-0.4, -0.2) is 31.9 Å². The van der Waals surface area contributed by atoms with Crippen molar-refractivity contribution in [1.82, 2.24) is 10.1 Å². The smallest absolute Gasteiger partial charge is 0.230 e. The van der Waals surface area contributed by atoms with Gasteiger partial charge in [0.25, 0.3) is 0 Å². The first-order valence-corrected chi connectivity index (χ1v) is 11.4. The molecule has 0 bridgehead atoms. The van der Waals surface area contributed by atoms with Gasteiger partial charge in [0, 0.05) is 18.6 Å². The molecule has 0 spiro atoms. The van der Waals surface area contributed by atoms with E-state index in [-0.39, 0.29) is 10.8 Å². The Kier molecular flexibility index (Phi) is 6.37. The van der Waals surface area contributed by atoms with Gasteiger partial charge in [-0.05, 0) is 35.6 Å². The van der Waals surface area contributed by atoms with Gasteiger partial charge in [0.2, 0.25) is 5.89 Å². The molecule has 0 aliphatic rings. The van der Waals surface area contributed by atoms with Gasteiger partial charge >= 0.3 is 0 Å². The van der Waals surface area contributed by atoms with Crippen LogP contribution in [-0.2, 0) is 22.7 Å². The maximum absolute atomic E-state index is 11.9. The molecular weight excluding hydrogens is 388 g/mol. The highest BCUT2D eigenvalue weighted by molar-refractivity contribution is 7.90. The van der Waals surface area contributed by atoms with E-state index in [4.69, 9.17) is 9.26 Å². The number of aromatic nitrogens is 2. The lowest BCUT2D eigenvalue weighted by Crippen LogP contribution is -2.11. The van der Waals surface area contributed by atoms with Crippen LogP contribution in [0.15, 0.2) is 57.9 Å². The Morgan fingerprint density at radius 2 is 1.79 bits per heavy atom. The zero-order valence-electron chi connectivity index (χ0n) is 17.1. The lowest BCUT2D eigenvalue weighted by molar-refractivity contribution is 0.317. The first kappa shape index (κ1) is 21.0. The lowest BCUT2D eigenvalue weighted by Gasteiger charge is -2.16. The second kappa shape index (κ2) is 8.78. The molecule has 0 radical (unpaired) electrons. The van der Waals surface area contributed by atoms with Crippen molar-refractivity contribution in [2.45, 2.75) is 37.5 Å². The molecule has 7 heteroatoms. The van der Waals surface area contributed by atoms with Crippen LogP contribution >= 0.6 is 0 Å². The van der Waals surface area contributed by atoms with Gasteiger partial charge in [0.1, 0.15) is 10.6 Å². The van der Waals surface area contributed by atoms with Gasteiger partial charge in [0.05, 0.1) is 7.11 Å². The summed E-state index contributed by atoms with van der Waals surface area (Å²) >= 11 is 0. The highest BCUT2D eigenvalue weighted by Gasteiger charge is 2.23. The van der Waals surface area contributed by atoms with Gasteiger partial charge in [0.15, 0.2) is 15.7 Å². The first-order valence-electron chi connectivity index (χ1n) is 9.51. The Hall–Kier alpha value is -2.67. The average Bonchev–Trinajstić information content (AvgIpc) is 3.13. The Balaban J connectivity index is 1.80. The van der Waals surface area contributed by atoms with Crippen molar-refractivity contribution in [3.63, 3.8) is 0 Å². The number of ether oxygens (including phenoxy) is 1. The van der Waals surface area contributed by atoms with Crippen LogP contribution in [0, 0.1) is 5.92 Å². The zero-order chi connectivity index (χ0) is 21.0. The third-order valence-electron chi connectivity index (χ3n) is 4.89. The predicted octanol–water partition coefficient (Wildman–Crippen LogP) is 4.05. The molecule has 2 aromatic carbocycles. The van der Waals surface area contributed by atoms with Gasteiger partial charge in [-0.3, -0.25) is 0 Å². The first-order chi connectivity index (χ1) is 13.8. The van der Waals surface area contributed by atoms with Crippen LogP contribution in [0.3, 0.4) is 0 Å². The SMILES string of the molecule is COc1cc(Cc2noc(C(Cc3ccccc3)C(C)C)n2)ccc1S(C)(=O)=O. The summed E-state index contributed by atoms with van der Waals surface area (Å²) in [6.45, 7) is 4.29. The fraction of sp³-hybridized carbons (Fsp3) is 0.364. The number of hydrogen-bond donors (Lipinski definition) is 0. The van der Waals surface area contributed by atoms with Crippen LogP contribution in [0.4, 0.5) is 0 Å². The molecule has 1 aromatic heterocycles. The van der Waals surface area contributed by atoms with Crippen molar-refractivity contribution in [2.24, 2.45) is 5.92 Å². The summed E-state index contributed by atoms with van der Waals surface area (Å²) in [5, 5.41) is 4.14. The van der Waals surface area contributed by atoms with Crippen molar-refractivity contribution >= 4 is 9.84 Å². The monoisotopic (exact) mass is 414 g/mol. The molecule has 3 rings (SSSR count). The molecule has 154 valence electrons. The van der Waals surface area contributed by atoms with E-state index in [0.717, 1.165) is 18.2 Å². The quantitative estimate of drug-likeness (QED) is 0.553. The Bertz CT molecular complexity index is 1060. The van der Waals surface area contributed by atoms with Crippen LogP contribution in [0.5, 0.6) is 5.75 Å². The lowest BCUT2D eigenvalue weighted by atomic mass is 9.89. The zero-order valence-corrected chi connectivity index (χ0v) is 17.9. The van der Waals surface area contributed by atoms with E-state index in [1.165, 1.54) is 12.7 Å². The number of benzene rings is 2. The van der Waals surface area contributed by atoms with Crippen LogP contribution in [0.2, 0.25) is 0 Å². The van der Waals surface area contributed by atoms with E-state index >= 15 is 0 Å². The minimum Gasteiger partial charge on any atom is -0.495 e. The number of hydrogen-bond acceptors (Lipinski definition) is 6. The van der Waals surface area contributed by atoms with Crippen molar-refractivity contribution in [3.8, 4) is 5.75 Å². The van der Waals surface area contributed by atoms with Crippen molar-refractivity contribution in [3.05, 3.63) is 71.4 Å². The topological polar surface area (TPSA) is 82.3 Å². The van der Waals surface area contributed by atoms with Crippen LogP contribution < -0.4 is 4.74 Å². The molecule has 6 nitrogen and oxygen atoms in total. The van der Waals surface area contributed by atoms with Gasteiger partial charge in [-0.25, -0.2) is 8.42 Å². The van der Waals surface area contributed by atoms with Gasteiger partial charge in [-0.15, -0.1) is 0 Å². The molecule has 0 N–H and O–H groups in total. The largest absolute Gasteiger partial charge is 0.495 e. The second-order valence-electron chi connectivity index (χ2n) is 7.52. The van der Waals surface area contributed by atoms with E-state index < -0.39 is 9.84 Å². The fourth-order valence-corrected chi connectivity index (χ4v) is 4.10. The maximum Gasteiger partial charge on any atom is 0.230 e. The summed E-state index contributed by atoms with van der Waals surface area (Å²) < 4.78 is 34.5. The highest BCUT2D eigenvalue weighted by Crippen LogP contribution is 2.29. The third-order valence-corrected chi connectivity index (χ3v) is 6.03. The molecule has 0 aliphatic heterocycles. The van der Waals surface area contributed by atoms with E-state index in [1.807, 2.05) is 18.2 Å². The number of nitrogens with zero attached hydrogens (tertiary/aromatic N) is 2. The Morgan fingerprint density at radius 1 is 1.07 bits per heavy atom. The molecular formula is C22H26N2O4S. The third kappa shape index (κ3) is 5.23. The van der Waals surface area contributed by atoms with Crippen LogP contribution in [0.25, 0.3) is 0 Å². The second-order valence-corrected chi connectivity index (χ2v) is 9.51. The minimum atomic E-state index is -3.36. The average molecular weight is 415 g/mol. The molecule has 1 atom stereocenters. The van der Waals surface area contributed by atoms with Crippen molar-refractivity contribution in [1.29, 1.82) is 0 Å². The molecule has 29 heavy (non-hydrogen) atoms. The molecule has 0 saturated heterocycles. The maximum atomic E-state index is 11.9. The molecule has 0 saturated carbocycles. The molecule has 1 heterocycles. The Morgan fingerprint density at radius 3 is 2.41 bits per heavy atom. The number of sulfone groups is 1. The van der Waals surface area contributed by atoms with Gasteiger partial charge in [-0.1, -0.05) is 55.4 Å². The number of methoxy groups -OCH3 is 1. The van der Waals surface area contributed by atoms with Crippen molar-refractivity contribution in [2.75, 3.05) is 13.4 Å². The standard InChI is InChI=1S/C22H26N2O4S/c1-15(2)18(12-16-8-6-5-7-9-16)22-23-21(24-28-22)14-17-10-11-20(29(4,25)26)19(13-17)27-3/h5-11,13,15,18H,12,14H2,1-4H3. The molecule has 3 aromatic rings. The van der Waals surface area contributed by atoms with Gasteiger partial charge in [-0.2, -0.15) is 4.98 Å². The summed E-state index contributed by atoms with van der Waals surface area (Å²) in [7, 11) is -1.90. The normalized spacial score (nSPS) is 12.9. The van der Waals surface area contributed by atoms with Crippen molar-refractivity contribution < 1.29 is 17.7 Å². The van der Waals surface area contributed by atoms with E-state index in [1.54, 1.807) is 18.2 Å². The molecule has 0 aliphatic carbocycles. The van der Waals surface area contributed by atoms with Crippen LogP contribution in [0.1, 0.15) is 42.6 Å². The van der Waals surface area contributed by atoms with E-state index in [2.05, 4.69) is 36.1 Å². The molecule has 1 unspecified atom stereocenters. The van der Waals surface area contributed by atoms with Gasteiger partial charge < -0.3 is 9.26 Å².